The molecule has 3 nitrogen and oxygen atoms in total. The maximum atomic E-state index is 10.4. The van der Waals surface area contributed by atoms with E-state index < -0.39 is 0 Å². The molecule has 2 rings (SSSR count). The van der Waals surface area contributed by atoms with E-state index in [4.69, 9.17) is 0 Å². The minimum absolute atomic E-state index is 0.662. The fourth-order valence-electron chi connectivity index (χ4n) is 1.06. The molecule has 60 valence electrons. The van der Waals surface area contributed by atoms with Crippen LogP contribution in [0.1, 0.15) is 10.4 Å². The average Bonchev–Trinajstić information content (AvgIpc) is 2.47. The molecule has 0 amide bonds. The summed E-state index contributed by atoms with van der Waals surface area (Å²) in [6.07, 6.45) is 4.33. The van der Waals surface area contributed by atoms with Crippen LogP contribution in [0.3, 0.4) is 0 Å². The van der Waals surface area contributed by atoms with Crippen LogP contribution in [-0.2, 0) is 0 Å². The third-order valence-corrected chi connectivity index (χ3v) is 2.23. The second-order valence-electron chi connectivity index (χ2n) is 2.40. The monoisotopic (exact) mass is 224 g/mol. The number of aromatic nitrogens is 2. The van der Waals surface area contributed by atoms with Gasteiger partial charge < -0.3 is 0 Å². The Hall–Kier alpha value is -1.16. The van der Waals surface area contributed by atoms with Crippen LogP contribution in [0.4, 0.5) is 0 Å². The second-order valence-corrected chi connectivity index (χ2v) is 3.11. The molecule has 2 heterocycles. The van der Waals surface area contributed by atoms with Crippen LogP contribution in [0.15, 0.2) is 29.3 Å². The number of imidazole rings is 1. The first-order valence-electron chi connectivity index (χ1n) is 3.39. The summed E-state index contributed by atoms with van der Waals surface area (Å²) < 4.78 is 2.60. The van der Waals surface area contributed by atoms with Crippen molar-refractivity contribution in [2.75, 3.05) is 0 Å². The lowest BCUT2D eigenvalue weighted by molar-refractivity contribution is 0.112. The van der Waals surface area contributed by atoms with Crippen LogP contribution in [-0.4, -0.2) is 15.7 Å². The zero-order chi connectivity index (χ0) is 8.55. The molecule has 2 aromatic heterocycles. The van der Waals surface area contributed by atoms with Gasteiger partial charge in [0.1, 0.15) is 6.29 Å². The van der Waals surface area contributed by atoms with Gasteiger partial charge in [-0.05, 0) is 28.1 Å². The first-order chi connectivity index (χ1) is 5.81. The van der Waals surface area contributed by atoms with Crippen molar-refractivity contribution in [1.29, 1.82) is 0 Å². The van der Waals surface area contributed by atoms with Gasteiger partial charge in [-0.2, -0.15) is 0 Å². The number of fused-ring (bicyclic) bond motifs is 1. The average molecular weight is 225 g/mol. The Morgan fingerprint density at radius 2 is 2.42 bits per heavy atom. The number of carbonyl (C=O) groups excluding carboxylic acids is 1. The van der Waals surface area contributed by atoms with E-state index in [0.717, 1.165) is 16.5 Å². The highest BCUT2D eigenvalue weighted by Crippen LogP contribution is 2.12. The number of rotatable bonds is 1. The van der Waals surface area contributed by atoms with Gasteiger partial charge in [0, 0.05) is 11.8 Å². The predicted octanol–water partition coefficient (Wildman–Crippen LogP) is 1.91. The Labute approximate surface area is 77.2 Å². The number of pyridine rings is 1. The molecule has 0 aliphatic carbocycles. The summed E-state index contributed by atoms with van der Waals surface area (Å²) >= 11 is 3.28. The SMILES string of the molecule is O=Cc1ccn2c(Br)ncc2c1. The molecule has 0 saturated carbocycles. The molecule has 0 atom stereocenters. The minimum Gasteiger partial charge on any atom is -0.298 e. The molecule has 0 aliphatic heterocycles. The Morgan fingerprint density at radius 3 is 3.17 bits per heavy atom. The van der Waals surface area contributed by atoms with E-state index in [0.29, 0.717) is 5.56 Å². The topological polar surface area (TPSA) is 34.4 Å². The van der Waals surface area contributed by atoms with Gasteiger partial charge >= 0.3 is 0 Å². The highest BCUT2D eigenvalue weighted by atomic mass is 79.9. The van der Waals surface area contributed by atoms with Crippen LogP contribution in [0, 0.1) is 0 Å². The highest BCUT2D eigenvalue weighted by molar-refractivity contribution is 9.10. The Balaban J connectivity index is 2.77. The van der Waals surface area contributed by atoms with Crippen molar-refractivity contribution in [3.05, 3.63) is 34.8 Å². The summed E-state index contributed by atoms with van der Waals surface area (Å²) in [6, 6.07) is 3.52. The fraction of sp³-hybridized carbons (Fsp3) is 0. The molecule has 0 bridgehead atoms. The maximum Gasteiger partial charge on any atom is 0.181 e. The lowest BCUT2D eigenvalue weighted by Crippen LogP contribution is -1.86. The first-order valence-corrected chi connectivity index (χ1v) is 4.18. The number of aldehydes is 1. The summed E-state index contributed by atoms with van der Waals surface area (Å²) in [5.41, 5.74) is 1.57. The van der Waals surface area contributed by atoms with Gasteiger partial charge in [0.15, 0.2) is 4.73 Å². The lowest BCUT2D eigenvalue weighted by Gasteiger charge is -1.94. The number of hydrogen-bond donors (Lipinski definition) is 0. The van der Waals surface area contributed by atoms with Crippen molar-refractivity contribution >= 4 is 27.7 Å². The van der Waals surface area contributed by atoms with E-state index in [1.807, 2.05) is 4.40 Å². The van der Waals surface area contributed by atoms with E-state index in [2.05, 4.69) is 20.9 Å². The van der Waals surface area contributed by atoms with Gasteiger partial charge in [0.25, 0.3) is 0 Å². The normalized spacial score (nSPS) is 10.4. The highest BCUT2D eigenvalue weighted by Gasteiger charge is 1.99. The van der Waals surface area contributed by atoms with Gasteiger partial charge in [-0.15, -0.1) is 0 Å². The van der Waals surface area contributed by atoms with Gasteiger partial charge in [-0.25, -0.2) is 4.98 Å². The zero-order valence-electron chi connectivity index (χ0n) is 6.07. The Morgan fingerprint density at radius 1 is 1.58 bits per heavy atom. The molecule has 0 saturated heterocycles. The van der Waals surface area contributed by atoms with Crippen molar-refractivity contribution in [2.24, 2.45) is 0 Å². The van der Waals surface area contributed by atoms with Crippen LogP contribution in [0.2, 0.25) is 0 Å². The summed E-state index contributed by atoms with van der Waals surface area (Å²) in [5.74, 6) is 0. The summed E-state index contributed by atoms with van der Waals surface area (Å²) in [7, 11) is 0. The van der Waals surface area contributed by atoms with Crippen LogP contribution in [0.25, 0.3) is 5.52 Å². The summed E-state index contributed by atoms with van der Waals surface area (Å²) in [5, 5.41) is 0. The molecule has 12 heavy (non-hydrogen) atoms. The second kappa shape index (κ2) is 2.71. The molecule has 0 unspecified atom stereocenters. The molecule has 0 aromatic carbocycles. The maximum absolute atomic E-state index is 10.4. The first kappa shape index (κ1) is 7.49. The number of hydrogen-bond acceptors (Lipinski definition) is 2. The number of halogens is 1. The largest absolute Gasteiger partial charge is 0.298 e. The van der Waals surface area contributed by atoms with Crippen LogP contribution < -0.4 is 0 Å². The lowest BCUT2D eigenvalue weighted by atomic mass is 10.3. The third kappa shape index (κ3) is 1.04. The quantitative estimate of drug-likeness (QED) is 0.694. The van der Waals surface area contributed by atoms with Crippen molar-refractivity contribution in [2.45, 2.75) is 0 Å². The Bertz CT molecular complexity index is 436. The molecule has 0 radical (unpaired) electrons. The molecule has 0 spiro atoms. The molecular formula is C8H5BrN2O. The molecule has 0 aliphatic rings. The smallest absolute Gasteiger partial charge is 0.181 e. The van der Waals surface area contributed by atoms with Crippen molar-refractivity contribution in [1.82, 2.24) is 9.38 Å². The third-order valence-electron chi connectivity index (χ3n) is 1.65. The van der Waals surface area contributed by atoms with E-state index >= 15 is 0 Å². The Kier molecular flexibility index (Phi) is 1.69. The van der Waals surface area contributed by atoms with Crippen molar-refractivity contribution < 1.29 is 4.79 Å². The molecular weight excluding hydrogens is 220 g/mol. The van der Waals surface area contributed by atoms with Crippen molar-refractivity contribution in [3.8, 4) is 0 Å². The van der Waals surface area contributed by atoms with E-state index in [1.165, 1.54) is 0 Å². The zero-order valence-corrected chi connectivity index (χ0v) is 7.65. The van der Waals surface area contributed by atoms with Gasteiger partial charge in [0.05, 0.1) is 11.7 Å². The van der Waals surface area contributed by atoms with Crippen molar-refractivity contribution in [3.63, 3.8) is 0 Å². The van der Waals surface area contributed by atoms with Crippen LogP contribution in [0.5, 0.6) is 0 Å². The predicted molar refractivity (Wildman–Crippen MR) is 48.3 cm³/mol. The summed E-state index contributed by atoms with van der Waals surface area (Å²) in [6.45, 7) is 0. The molecule has 2 aromatic rings. The van der Waals surface area contributed by atoms with E-state index in [9.17, 15) is 4.79 Å². The molecule has 4 heteroatoms. The van der Waals surface area contributed by atoms with E-state index in [-0.39, 0.29) is 0 Å². The number of nitrogens with zero attached hydrogens (tertiary/aromatic N) is 2. The molecule has 0 N–H and O–H groups in total. The minimum atomic E-state index is 0.662. The van der Waals surface area contributed by atoms with Gasteiger partial charge in [-0.1, -0.05) is 0 Å². The summed E-state index contributed by atoms with van der Waals surface area (Å²) in [4.78, 5) is 14.5. The van der Waals surface area contributed by atoms with E-state index in [1.54, 1.807) is 24.5 Å². The van der Waals surface area contributed by atoms with Crippen LogP contribution >= 0.6 is 15.9 Å². The fourth-order valence-corrected chi connectivity index (χ4v) is 1.48. The molecule has 0 fully saturated rings. The van der Waals surface area contributed by atoms with Gasteiger partial charge in [0.2, 0.25) is 0 Å². The standard InChI is InChI=1S/C8H5BrN2O/c9-8-10-4-7-3-6(5-12)1-2-11(7)8/h1-5H. The van der Waals surface area contributed by atoms with Gasteiger partial charge in [-0.3, -0.25) is 9.20 Å². The number of carbonyl (C=O) groups is 1.